The van der Waals surface area contributed by atoms with Crippen LogP contribution in [0.25, 0.3) is 0 Å². The molecule has 0 aliphatic heterocycles. The lowest BCUT2D eigenvalue weighted by molar-refractivity contribution is 0.178. The molecule has 146 valence electrons. The topological polar surface area (TPSA) is 74.6 Å². The van der Waals surface area contributed by atoms with Crippen molar-refractivity contribution in [3.8, 4) is 0 Å². The van der Waals surface area contributed by atoms with Crippen LogP contribution in [-0.2, 0) is 10.1 Å². The first-order valence-electron chi connectivity index (χ1n) is 10.0. The predicted molar refractivity (Wildman–Crippen MR) is 102 cm³/mol. The zero-order valence-corrected chi connectivity index (χ0v) is 16.7. The van der Waals surface area contributed by atoms with E-state index in [0.717, 1.165) is 19.3 Å². The first-order chi connectivity index (χ1) is 11.4. The minimum absolute atomic E-state index is 0.342. The second-order valence-corrected chi connectivity index (χ2v) is 8.81. The van der Waals surface area contributed by atoms with E-state index in [1.165, 1.54) is 77.6 Å². The van der Waals surface area contributed by atoms with Crippen LogP contribution in [0, 0.1) is 0 Å². The molecule has 0 saturated heterocycles. The fourth-order valence-corrected chi connectivity index (χ4v) is 4.14. The van der Waals surface area contributed by atoms with Gasteiger partial charge in [-0.25, -0.2) is 0 Å². The van der Waals surface area contributed by atoms with Crippen molar-refractivity contribution in [1.29, 1.82) is 0 Å². The van der Waals surface area contributed by atoms with Crippen molar-refractivity contribution < 1.29 is 18.1 Å². The minimum Gasteiger partial charge on any atom is -0.392 e. The molecular weight excluding hydrogens is 324 g/mol. The highest BCUT2D eigenvalue weighted by atomic mass is 32.2. The fraction of sp³-hybridized carbons (Fsp3) is 1.00. The van der Waals surface area contributed by atoms with E-state index in [0.29, 0.717) is 6.42 Å². The number of aliphatic hydroxyl groups is 1. The van der Waals surface area contributed by atoms with Crippen LogP contribution in [0.2, 0.25) is 0 Å². The van der Waals surface area contributed by atoms with Crippen molar-refractivity contribution >= 4 is 10.1 Å². The van der Waals surface area contributed by atoms with Crippen LogP contribution in [0.5, 0.6) is 0 Å². The molecule has 4 nitrogen and oxygen atoms in total. The summed E-state index contributed by atoms with van der Waals surface area (Å²) in [7, 11) is -4.13. The lowest BCUT2D eigenvalue weighted by Gasteiger charge is -2.16. The highest BCUT2D eigenvalue weighted by molar-refractivity contribution is 7.86. The third kappa shape index (κ3) is 14.2. The quantitative estimate of drug-likeness (QED) is 0.264. The van der Waals surface area contributed by atoms with Crippen molar-refractivity contribution in [3.05, 3.63) is 0 Å². The Morgan fingerprint density at radius 3 is 1.33 bits per heavy atom. The van der Waals surface area contributed by atoms with E-state index in [1.807, 2.05) is 0 Å². The Hall–Kier alpha value is -0.130. The molecule has 0 amide bonds. The van der Waals surface area contributed by atoms with E-state index in [2.05, 4.69) is 6.92 Å². The van der Waals surface area contributed by atoms with Crippen LogP contribution in [0.4, 0.5) is 0 Å². The van der Waals surface area contributed by atoms with Gasteiger partial charge in [0.25, 0.3) is 10.1 Å². The molecule has 0 aromatic carbocycles. The van der Waals surface area contributed by atoms with Crippen LogP contribution in [0.15, 0.2) is 0 Å². The first-order valence-corrected chi connectivity index (χ1v) is 11.5. The summed E-state index contributed by atoms with van der Waals surface area (Å²) in [5.74, 6) is 0. The van der Waals surface area contributed by atoms with E-state index in [9.17, 15) is 13.5 Å². The Morgan fingerprint density at radius 2 is 1.04 bits per heavy atom. The molecule has 0 radical (unpaired) electrons. The summed E-state index contributed by atoms with van der Waals surface area (Å²) >= 11 is 0. The van der Waals surface area contributed by atoms with Gasteiger partial charge >= 0.3 is 0 Å². The minimum atomic E-state index is -4.13. The summed E-state index contributed by atoms with van der Waals surface area (Å²) in [4.78, 5) is 0. The number of rotatable bonds is 17. The Labute approximate surface area is 150 Å². The van der Waals surface area contributed by atoms with E-state index < -0.39 is 21.5 Å². The van der Waals surface area contributed by atoms with E-state index in [1.54, 1.807) is 0 Å². The average Bonchev–Trinajstić information content (AvgIpc) is 2.49. The summed E-state index contributed by atoms with van der Waals surface area (Å²) in [6.45, 7) is 3.67. The van der Waals surface area contributed by atoms with Crippen LogP contribution in [-0.4, -0.2) is 29.4 Å². The van der Waals surface area contributed by atoms with Gasteiger partial charge in [0.1, 0.15) is 5.25 Å². The van der Waals surface area contributed by atoms with Gasteiger partial charge in [0, 0.05) is 0 Å². The summed E-state index contributed by atoms with van der Waals surface area (Å²) in [5.41, 5.74) is 0. The molecule has 0 aliphatic carbocycles. The van der Waals surface area contributed by atoms with E-state index in [4.69, 9.17) is 4.55 Å². The second kappa shape index (κ2) is 15.2. The third-order valence-corrected chi connectivity index (χ3v) is 6.16. The average molecular weight is 365 g/mol. The van der Waals surface area contributed by atoms with E-state index in [-0.39, 0.29) is 0 Å². The lowest BCUT2D eigenvalue weighted by Crippen LogP contribution is -2.31. The molecule has 0 aromatic rings. The summed E-state index contributed by atoms with van der Waals surface area (Å²) in [5, 5.41) is 8.38. The lowest BCUT2D eigenvalue weighted by atomic mass is 10.0. The van der Waals surface area contributed by atoms with Crippen LogP contribution in [0.3, 0.4) is 0 Å². The summed E-state index contributed by atoms with van der Waals surface area (Å²) < 4.78 is 31.3. The largest absolute Gasteiger partial charge is 0.392 e. The molecule has 0 aromatic heterocycles. The van der Waals surface area contributed by atoms with Gasteiger partial charge in [-0.15, -0.1) is 0 Å². The van der Waals surface area contributed by atoms with Gasteiger partial charge in [-0.1, -0.05) is 96.8 Å². The number of hydrogen-bond donors (Lipinski definition) is 2. The zero-order chi connectivity index (χ0) is 18.3. The zero-order valence-electron chi connectivity index (χ0n) is 15.9. The third-order valence-electron chi connectivity index (χ3n) is 4.76. The number of unbranched alkanes of at least 4 members (excludes halogenated alkanes) is 13. The van der Waals surface area contributed by atoms with Gasteiger partial charge in [0.05, 0.1) is 6.10 Å². The fourth-order valence-electron chi connectivity index (χ4n) is 3.18. The molecule has 2 unspecified atom stereocenters. The van der Waals surface area contributed by atoms with Gasteiger partial charge in [-0.3, -0.25) is 4.55 Å². The molecule has 0 saturated carbocycles. The van der Waals surface area contributed by atoms with Crippen molar-refractivity contribution in [2.24, 2.45) is 0 Å². The Bertz CT molecular complexity index is 366. The molecule has 5 heteroatoms. The van der Waals surface area contributed by atoms with Crippen molar-refractivity contribution in [2.45, 2.75) is 122 Å². The molecule has 0 spiro atoms. The standard InChI is InChI=1S/C19H40O4S/c1-3-4-5-6-7-8-9-10-11-12-13-14-15-16-17-19(18(2)20)24(21,22)23/h18-20H,3-17H2,1-2H3,(H,21,22,23). The maximum atomic E-state index is 11.1. The molecule has 0 heterocycles. The van der Waals surface area contributed by atoms with Crippen molar-refractivity contribution in [3.63, 3.8) is 0 Å². The summed E-state index contributed by atoms with van der Waals surface area (Å²) in [6, 6.07) is 0. The maximum absolute atomic E-state index is 11.1. The van der Waals surface area contributed by atoms with Gasteiger partial charge in [-0.2, -0.15) is 8.42 Å². The molecule has 0 fully saturated rings. The monoisotopic (exact) mass is 364 g/mol. The summed E-state index contributed by atoms with van der Waals surface area (Å²) in [6.07, 6.45) is 16.8. The molecular formula is C19H40O4S. The Morgan fingerprint density at radius 1 is 0.708 bits per heavy atom. The SMILES string of the molecule is CCCCCCCCCCCCCCCCC(C(C)O)S(=O)(=O)O. The number of aliphatic hydroxyl groups excluding tert-OH is 1. The normalized spacial score (nSPS) is 14.7. The highest BCUT2D eigenvalue weighted by Crippen LogP contribution is 2.16. The van der Waals surface area contributed by atoms with Gasteiger partial charge in [-0.05, 0) is 13.3 Å². The first kappa shape index (κ1) is 23.9. The Balaban J connectivity index is 3.36. The predicted octanol–water partition coefficient (Wildman–Crippen LogP) is 5.50. The van der Waals surface area contributed by atoms with Gasteiger partial charge < -0.3 is 5.11 Å². The molecule has 0 bridgehead atoms. The maximum Gasteiger partial charge on any atom is 0.270 e. The molecule has 0 rings (SSSR count). The van der Waals surface area contributed by atoms with Crippen molar-refractivity contribution in [1.82, 2.24) is 0 Å². The van der Waals surface area contributed by atoms with Crippen LogP contribution < -0.4 is 0 Å². The van der Waals surface area contributed by atoms with Crippen LogP contribution >= 0.6 is 0 Å². The van der Waals surface area contributed by atoms with E-state index >= 15 is 0 Å². The highest BCUT2D eigenvalue weighted by Gasteiger charge is 2.27. The number of hydrogen-bond acceptors (Lipinski definition) is 3. The van der Waals surface area contributed by atoms with Gasteiger partial charge in [0.15, 0.2) is 0 Å². The molecule has 2 N–H and O–H groups in total. The molecule has 24 heavy (non-hydrogen) atoms. The van der Waals surface area contributed by atoms with Gasteiger partial charge in [0.2, 0.25) is 0 Å². The smallest absolute Gasteiger partial charge is 0.270 e. The molecule has 0 aliphatic rings. The van der Waals surface area contributed by atoms with Crippen LogP contribution in [0.1, 0.15) is 110 Å². The van der Waals surface area contributed by atoms with Crippen molar-refractivity contribution in [2.75, 3.05) is 0 Å². The Kier molecular flexibility index (Phi) is 15.1. The second-order valence-electron chi connectivity index (χ2n) is 7.18. The molecule has 2 atom stereocenters.